The van der Waals surface area contributed by atoms with Crippen molar-refractivity contribution in [3.63, 3.8) is 0 Å². The molecule has 0 saturated heterocycles. The minimum Gasteiger partial charge on any atom is -0.861 e. The molecule has 116 valence electrons. The molecule has 0 spiro atoms. The third-order valence-electron chi connectivity index (χ3n) is 4.49. The number of rotatable bonds is 0. The summed E-state index contributed by atoms with van der Waals surface area (Å²) in [5.41, 5.74) is 0. The average molecular weight is 340 g/mol. The van der Waals surface area contributed by atoms with E-state index in [1.54, 1.807) is 0 Å². The van der Waals surface area contributed by atoms with Gasteiger partial charge in [-0.25, -0.2) is 9.98 Å². The molecule has 0 aromatic heterocycles. The van der Waals surface area contributed by atoms with Gasteiger partial charge in [-0.05, 0) is 37.5 Å². The summed E-state index contributed by atoms with van der Waals surface area (Å²) in [4.78, 5) is 28.8. The van der Waals surface area contributed by atoms with Gasteiger partial charge in [-0.15, -0.1) is 0 Å². The van der Waals surface area contributed by atoms with Crippen LogP contribution in [0.2, 0.25) is 0 Å². The van der Waals surface area contributed by atoms with Crippen LogP contribution in [0.3, 0.4) is 0 Å². The number of allylic oxidation sites excluding steroid dienone is 2. The van der Waals surface area contributed by atoms with Gasteiger partial charge in [-0.2, -0.15) is 0 Å². The average Bonchev–Trinajstić information content (AvgIpc) is 2.99. The fraction of sp³-hybridized carbons (Fsp3) is 0.500. The quantitative estimate of drug-likeness (QED) is 0.432. The molecule has 2 aliphatic heterocycles. The Morgan fingerprint density at radius 2 is 1.22 bits per heavy atom. The van der Waals surface area contributed by atoms with Gasteiger partial charge in [0, 0.05) is 11.8 Å². The van der Waals surface area contributed by atoms with Crippen LogP contribution < -0.4 is 10.2 Å². The van der Waals surface area contributed by atoms with Gasteiger partial charge in [0.2, 0.25) is 0 Å². The number of carbonyl (C=O) groups excluding carboxylic acids is 2. The second-order valence-electron chi connectivity index (χ2n) is 5.85. The molecular formula is C16H16CaN2O4. The Balaban J connectivity index is 0.000000160. The molecule has 4 rings (SSSR count). The summed E-state index contributed by atoms with van der Waals surface area (Å²) >= 11 is 0. The summed E-state index contributed by atoms with van der Waals surface area (Å²) < 4.78 is 0. The topological polar surface area (TPSA) is 105 Å². The Morgan fingerprint density at radius 1 is 0.826 bits per heavy atom. The van der Waals surface area contributed by atoms with E-state index in [1.807, 2.05) is 24.3 Å². The van der Waals surface area contributed by atoms with E-state index in [-0.39, 0.29) is 85.0 Å². The first-order chi connectivity index (χ1) is 10.6. The summed E-state index contributed by atoms with van der Waals surface area (Å²) in [5.74, 6) is -1.66. The molecule has 0 aromatic carbocycles. The Bertz CT molecular complexity index is 570. The Labute approximate surface area is 164 Å². The van der Waals surface area contributed by atoms with Crippen molar-refractivity contribution in [3.05, 3.63) is 24.3 Å². The number of aliphatic imine (C=N–C) groups is 2. The fourth-order valence-corrected chi connectivity index (χ4v) is 3.26. The van der Waals surface area contributed by atoms with Crippen LogP contribution in [0.15, 0.2) is 34.3 Å². The molecule has 2 heterocycles. The minimum atomic E-state index is -0.254. The van der Waals surface area contributed by atoms with Gasteiger partial charge in [-0.3, -0.25) is 9.59 Å². The van der Waals surface area contributed by atoms with Crippen molar-refractivity contribution in [1.29, 1.82) is 0 Å². The Hall–Kier alpha value is -0.980. The number of nitrogens with zero attached hydrogens (tertiary/aromatic N) is 2. The van der Waals surface area contributed by atoms with E-state index in [0.717, 1.165) is 25.7 Å². The van der Waals surface area contributed by atoms with Gasteiger partial charge in [-0.1, -0.05) is 24.3 Å². The molecule has 2 aliphatic carbocycles. The number of carbonyl (C=O) groups is 2. The van der Waals surface area contributed by atoms with Crippen LogP contribution in [-0.2, 0) is 9.59 Å². The third-order valence-corrected chi connectivity index (χ3v) is 4.49. The number of amides is 2. The Kier molecular flexibility index (Phi) is 6.17. The summed E-state index contributed by atoms with van der Waals surface area (Å²) in [5, 5.41) is 22.0. The molecule has 0 saturated carbocycles. The van der Waals surface area contributed by atoms with Gasteiger partial charge in [0.1, 0.15) is 0 Å². The standard InChI is InChI=1S/2C8H9NO2.Ca/c2*10-7-5-3-1-2-4-6(5)8(11)9-7;/h2*1,3,5-6H,2,4H2,(H,9,10,11);/q;;+2/p-2. The second kappa shape index (κ2) is 7.73. The first kappa shape index (κ1) is 18.4. The van der Waals surface area contributed by atoms with Gasteiger partial charge >= 0.3 is 37.7 Å². The van der Waals surface area contributed by atoms with E-state index in [9.17, 15) is 19.8 Å². The van der Waals surface area contributed by atoms with Crippen molar-refractivity contribution in [3.8, 4) is 0 Å². The van der Waals surface area contributed by atoms with Crippen LogP contribution >= 0.6 is 0 Å². The first-order valence-corrected chi connectivity index (χ1v) is 7.50. The summed E-state index contributed by atoms with van der Waals surface area (Å²) in [6.45, 7) is 0. The molecule has 0 radical (unpaired) electrons. The molecule has 0 bridgehead atoms. The van der Waals surface area contributed by atoms with E-state index < -0.39 is 0 Å². The van der Waals surface area contributed by atoms with Crippen molar-refractivity contribution in [2.45, 2.75) is 25.7 Å². The molecule has 23 heavy (non-hydrogen) atoms. The van der Waals surface area contributed by atoms with Crippen LogP contribution in [0.5, 0.6) is 0 Å². The van der Waals surface area contributed by atoms with E-state index in [1.165, 1.54) is 0 Å². The molecule has 4 aliphatic rings. The zero-order valence-corrected chi connectivity index (χ0v) is 14.9. The van der Waals surface area contributed by atoms with Gasteiger partial charge in [0.25, 0.3) is 11.8 Å². The van der Waals surface area contributed by atoms with Crippen LogP contribution in [0.4, 0.5) is 0 Å². The van der Waals surface area contributed by atoms with Crippen LogP contribution in [0.1, 0.15) is 25.7 Å². The SMILES string of the molecule is O=C1N=C([O-])C2CCC=CC12.O=C1N=C([O-])C2CCC=CC12.[Ca+2]. The third kappa shape index (κ3) is 3.75. The number of hydrogen-bond donors (Lipinski definition) is 0. The van der Waals surface area contributed by atoms with Crippen molar-refractivity contribution < 1.29 is 19.8 Å². The number of hydrogen-bond acceptors (Lipinski definition) is 4. The monoisotopic (exact) mass is 340 g/mol. The largest absolute Gasteiger partial charge is 2.00 e. The van der Waals surface area contributed by atoms with Gasteiger partial charge < -0.3 is 10.2 Å². The fourth-order valence-electron chi connectivity index (χ4n) is 3.26. The van der Waals surface area contributed by atoms with Crippen molar-refractivity contribution >= 4 is 61.3 Å². The Morgan fingerprint density at radius 3 is 1.57 bits per heavy atom. The van der Waals surface area contributed by atoms with Crippen LogP contribution in [0, 0.1) is 23.7 Å². The predicted octanol–water partition coefficient (Wildman–Crippen LogP) is -0.645. The summed E-state index contributed by atoms with van der Waals surface area (Å²) in [6, 6.07) is 0. The molecule has 4 atom stereocenters. The van der Waals surface area contributed by atoms with Gasteiger partial charge in [0.05, 0.1) is 11.8 Å². The van der Waals surface area contributed by atoms with E-state index in [2.05, 4.69) is 9.98 Å². The molecule has 2 amide bonds. The molecule has 7 heteroatoms. The summed E-state index contributed by atoms with van der Waals surface area (Å²) in [7, 11) is 0. The van der Waals surface area contributed by atoms with Crippen molar-refractivity contribution in [2.75, 3.05) is 0 Å². The number of fused-ring (bicyclic) bond motifs is 2. The van der Waals surface area contributed by atoms with Crippen molar-refractivity contribution in [1.82, 2.24) is 0 Å². The first-order valence-electron chi connectivity index (χ1n) is 7.50. The van der Waals surface area contributed by atoms with Gasteiger partial charge in [0.15, 0.2) is 0 Å². The zero-order valence-electron chi connectivity index (χ0n) is 12.7. The normalized spacial score (nSPS) is 33.7. The maximum atomic E-state index is 11.0. The molecule has 0 N–H and O–H groups in total. The minimum absolute atomic E-state index is 0. The van der Waals surface area contributed by atoms with Crippen molar-refractivity contribution in [2.24, 2.45) is 33.7 Å². The van der Waals surface area contributed by atoms with E-state index in [4.69, 9.17) is 0 Å². The maximum absolute atomic E-state index is 11.0. The summed E-state index contributed by atoms with van der Waals surface area (Å²) in [6.07, 6.45) is 10.9. The molecule has 6 nitrogen and oxygen atoms in total. The molecule has 0 aromatic rings. The molecular weight excluding hydrogens is 324 g/mol. The second-order valence-corrected chi connectivity index (χ2v) is 5.85. The maximum Gasteiger partial charge on any atom is 2.00 e. The van der Waals surface area contributed by atoms with Crippen LogP contribution in [0.25, 0.3) is 0 Å². The zero-order chi connectivity index (χ0) is 15.7. The van der Waals surface area contributed by atoms with Crippen LogP contribution in [-0.4, -0.2) is 61.3 Å². The predicted molar refractivity (Wildman–Crippen MR) is 81.3 cm³/mol. The van der Waals surface area contributed by atoms with E-state index in [0.29, 0.717) is 0 Å². The van der Waals surface area contributed by atoms with E-state index >= 15 is 0 Å². The smallest absolute Gasteiger partial charge is 0.861 e. The molecule has 0 fully saturated rings. The molecule has 4 unspecified atom stereocenters.